The number of hydrogen-bond donors (Lipinski definition) is 1. The van der Waals surface area contributed by atoms with Gasteiger partial charge in [0.25, 0.3) is 0 Å². The summed E-state index contributed by atoms with van der Waals surface area (Å²) in [6, 6.07) is 6.49. The lowest BCUT2D eigenvalue weighted by molar-refractivity contribution is -0.138. The van der Waals surface area contributed by atoms with Crippen molar-refractivity contribution in [3.05, 3.63) is 29.3 Å². The van der Waals surface area contributed by atoms with Crippen LogP contribution >= 0.6 is 0 Å². The second-order valence-corrected chi connectivity index (χ2v) is 5.16. The van der Waals surface area contributed by atoms with Crippen LogP contribution in [-0.4, -0.2) is 23.2 Å². The van der Waals surface area contributed by atoms with E-state index in [1.165, 1.54) is 11.1 Å². The standard InChI is InChI=1S/C14H17NO2/c1-9-2-6-12-10(8-9)3-4-11-5-7-13(14(16)17)15(11)12/h2,6,8,11,13H,3-5,7H2,1H3,(H,16,17). The van der Waals surface area contributed by atoms with Gasteiger partial charge in [-0.3, -0.25) is 0 Å². The van der Waals surface area contributed by atoms with Gasteiger partial charge in [0, 0.05) is 11.7 Å². The molecular weight excluding hydrogens is 214 g/mol. The van der Waals surface area contributed by atoms with Crippen LogP contribution in [0.15, 0.2) is 18.2 Å². The van der Waals surface area contributed by atoms with E-state index in [9.17, 15) is 9.90 Å². The zero-order valence-corrected chi connectivity index (χ0v) is 10.0. The fraction of sp³-hybridized carbons (Fsp3) is 0.500. The van der Waals surface area contributed by atoms with Crippen LogP contribution < -0.4 is 4.90 Å². The average molecular weight is 231 g/mol. The number of hydrogen-bond acceptors (Lipinski definition) is 2. The van der Waals surface area contributed by atoms with E-state index in [0.29, 0.717) is 6.04 Å². The lowest BCUT2D eigenvalue weighted by Gasteiger charge is -2.36. The quantitative estimate of drug-likeness (QED) is 0.806. The summed E-state index contributed by atoms with van der Waals surface area (Å²) in [5.74, 6) is -0.680. The number of carbonyl (C=O) groups is 1. The van der Waals surface area contributed by atoms with Crippen LogP contribution in [0, 0.1) is 6.92 Å². The molecule has 3 rings (SSSR count). The Bertz CT molecular complexity index is 469. The molecule has 17 heavy (non-hydrogen) atoms. The first-order chi connectivity index (χ1) is 8.16. The number of nitrogens with zero attached hydrogens (tertiary/aromatic N) is 1. The van der Waals surface area contributed by atoms with Crippen molar-refractivity contribution in [3.63, 3.8) is 0 Å². The smallest absolute Gasteiger partial charge is 0.326 e. The van der Waals surface area contributed by atoms with Crippen molar-refractivity contribution in [1.82, 2.24) is 0 Å². The highest BCUT2D eigenvalue weighted by Crippen LogP contribution is 2.39. The predicted octanol–water partition coefficient (Wildman–Crippen LogP) is 2.36. The SMILES string of the molecule is Cc1ccc2c(c1)CCC1CCC(C(=O)O)N21. The van der Waals surface area contributed by atoms with Crippen LogP contribution in [-0.2, 0) is 11.2 Å². The Morgan fingerprint density at radius 1 is 1.35 bits per heavy atom. The fourth-order valence-electron chi connectivity index (χ4n) is 3.26. The van der Waals surface area contributed by atoms with Crippen molar-refractivity contribution in [1.29, 1.82) is 0 Å². The Balaban J connectivity index is 2.04. The third kappa shape index (κ3) is 1.61. The molecule has 0 radical (unpaired) electrons. The highest BCUT2D eigenvalue weighted by Gasteiger charge is 2.40. The van der Waals surface area contributed by atoms with E-state index in [-0.39, 0.29) is 6.04 Å². The first-order valence-electron chi connectivity index (χ1n) is 6.27. The average Bonchev–Trinajstić information content (AvgIpc) is 2.72. The molecule has 2 unspecified atom stereocenters. The maximum atomic E-state index is 11.3. The molecule has 0 bridgehead atoms. The molecule has 3 nitrogen and oxygen atoms in total. The Hall–Kier alpha value is -1.51. The summed E-state index contributed by atoms with van der Waals surface area (Å²) in [7, 11) is 0. The highest BCUT2D eigenvalue weighted by atomic mass is 16.4. The molecular formula is C14H17NO2. The van der Waals surface area contributed by atoms with Gasteiger partial charge in [-0.2, -0.15) is 0 Å². The van der Waals surface area contributed by atoms with Crippen LogP contribution in [0.25, 0.3) is 0 Å². The van der Waals surface area contributed by atoms with Gasteiger partial charge in [0.15, 0.2) is 0 Å². The summed E-state index contributed by atoms with van der Waals surface area (Å²) >= 11 is 0. The number of aliphatic carboxylic acids is 1. The van der Waals surface area contributed by atoms with Crippen LogP contribution in [0.5, 0.6) is 0 Å². The Morgan fingerprint density at radius 3 is 2.94 bits per heavy atom. The lowest BCUT2D eigenvalue weighted by atomic mass is 9.95. The molecule has 0 spiro atoms. The third-order valence-electron chi connectivity index (χ3n) is 4.05. The molecule has 0 aromatic heterocycles. The zero-order valence-electron chi connectivity index (χ0n) is 10.0. The van der Waals surface area contributed by atoms with E-state index < -0.39 is 5.97 Å². The number of carboxylic acid groups (broad SMARTS) is 1. The minimum Gasteiger partial charge on any atom is -0.480 e. The molecule has 0 amide bonds. The Kier molecular flexibility index (Phi) is 2.35. The monoisotopic (exact) mass is 231 g/mol. The number of benzene rings is 1. The van der Waals surface area contributed by atoms with E-state index in [4.69, 9.17) is 0 Å². The summed E-state index contributed by atoms with van der Waals surface area (Å²) < 4.78 is 0. The summed E-state index contributed by atoms with van der Waals surface area (Å²) in [6.45, 7) is 2.09. The third-order valence-corrected chi connectivity index (χ3v) is 4.05. The van der Waals surface area contributed by atoms with Crippen LogP contribution in [0.2, 0.25) is 0 Å². The Morgan fingerprint density at radius 2 is 2.18 bits per heavy atom. The van der Waals surface area contributed by atoms with Gasteiger partial charge in [-0.05, 0) is 44.2 Å². The summed E-state index contributed by atoms with van der Waals surface area (Å²) in [6.07, 6.45) is 3.99. The van der Waals surface area contributed by atoms with Gasteiger partial charge < -0.3 is 10.0 Å². The van der Waals surface area contributed by atoms with E-state index >= 15 is 0 Å². The summed E-state index contributed by atoms with van der Waals surface area (Å²) in [5, 5.41) is 9.29. The second kappa shape index (κ2) is 3.76. The molecule has 1 aromatic carbocycles. The maximum Gasteiger partial charge on any atom is 0.326 e. The van der Waals surface area contributed by atoms with Gasteiger partial charge in [0.2, 0.25) is 0 Å². The molecule has 1 saturated heterocycles. The van der Waals surface area contributed by atoms with Crippen molar-refractivity contribution in [2.24, 2.45) is 0 Å². The van der Waals surface area contributed by atoms with E-state index in [1.807, 2.05) is 0 Å². The highest BCUT2D eigenvalue weighted by molar-refractivity contribution is 5.80. The van der Waals surface area contributed by atoms with Crippen LogP contribution in [0.4, 0.5) is 5.69 Å². The van der Waals surface area contributed by atoms with E-state index in [0.717, 1.165) is 31.4 Å². The first kappa shape index (κ1) is 10.6. The summed E-state index contributed by atoms with van der Waals surface area (Å²) in [5.41, 5.74) is 3.72. The van der Waals surface area contributed by atoms with Crippen molar-refractivity contribution in [2.45, 2.75) is 44.7 Å². The normalized spacial score (nSPS) is 26.5. The number of fused-ring (bicyclic) bond motifs is 3. The molecule has 2 atom stereocenters. The fourth-order valence-corrected chi connectivity index (χ4v) is 3.26. The van der Waals surface area contributed by atoms with Gasteiger partial charge in [-0.15, -0.1) is 0 Å². The zero-order chi connectivity index (χ0) is 12.0. The van der Waals surface area contributed by atoms with Gasteiger partial charge in [-0.25, -0.2) is 4.79 Å². The molecule has 1 N–H and O–H groups in total. The number of carboxylic acids is 1. The lowest BCUT2D eigenvalue weighted by Crippen LogP contribution is -2.43. The molecule has 2 heterocycles. The second-order valence-electron chi connectivity index (χ2n) is 5.16. The largest absolute Gasteiger partial charge is 0.480 e. The van der Waals surface area contributed by atoms with Gasteiger partial charge in [0.1, 0.15) is 6.04 Å². The van der Waals surface area contributed by atoms with E-state index in [2.05, 4.69) is 30.0 Å². The molecule has 2 aliphatic rings. The minimum atomic E-state index is -0.680. The molecule has 0 saturated carbocycles. The van der Waals surface area contributed by atoms with Crippen LogP contribution in [0.3, 0.4) is 0 Å². The molecule has 1 fully saturated rings. The van der Waals surface area contributed by atoms with Crippen molar-refractivity contribution < 1.29 is 9.90 Å². The molecule has 0 aliphatic carbocycles. The van der Waals surface area contributed by atoms with Gasteiger partial charge >= 0.3 is 5.97 Å². The van der Waals surface area contributed by atoms with Crippen molar-refractivity contribution in [2.75, 3.05) is 4.90 Å². The topological polar surface area (TPSA) is 40.5 Å². The number of aryl methyl sites for hydroxylation is 2. The van der Waals surface area contributed by atoms with Crippen LogP contribution in [0.1, 0.15) is 30.4 Å². The number of anilines is 1. The number of rotatable bonds is 1. The minimum absolute atomic E-state index is 0.318. The molecule has 3 heteroatoms. The van der Waals surface area contributed by atoms with Crippen molar-refractivity contribution in [3.8, 4) is 0 Å². The first-order valence-corrected chi connectivity index (χ1v) is 6.27. The molecule has 2 aliphatic heterocycles. The van der Waals surface area contributed by atoms with Gasteiger partial charge in [-0.1, -0.05) is 17.7 Å². The van der Waals surface area contributed by atoms with Gasteiger partial charge in [0.05, 0.1) is 0 Å². The maximum absolute atomic E-state index is 11.3. The molecule has 90 valence electrons. The summed E-state index contributed by atoms with van der Waals surface area (Å²) in [4.78, 5) is 13.4. The van der Waals surface area contributed by atoms with E-state index in [1.54, 1.807) is 0 Å². The molecule has 1 aromatic rings. The Labute approximate surface area is 101 Å². The predicted molar refractivity (Wildman–Crippen MR) is 66.4 cm³/mol. The van der Waals surface area contributed by atoms with Crippen molar-refractivity contribution >= 4 is 11.7 Å².